The Morgan fingerprint density at radius 1 is 0.545 bits per heavy atom. The van der Waals surface area contributed by atoms with Gasteiger partial charge in [-0.1, -0.05) is 124 Å². The van der Waals surface area contributed by atoms with Gasteiger partial charge in [-0.05, 0) is 25.7 Å². The molecule has 1 atom stereocenters. The van der Waals surface area contributed by atoms with E-state index in [0.29, 0.717) is 19.6 Å². The Morgan fingerprint density at radius 3 is 1.52 bits per heavy atom. The molecule has 1 unspecified atom stereocenters. The molecule has 0 aromatic rings. The molecule has 0 bridgehead atoms. The van der Waals surface area contributed by atoms with Crippen LogP contribution in [-0.4, -0.2) is 25.2 Å². The average Bonchev–Trinajstić information content (AvgIpc) is 2.81. The number of carbonyl (C=O) groups is 2. The fraction of sp³-hybridized carbons (Fsp3) is 0.931. The molecule has 0 aliphatic carbocycles. The highest BCUT2D eigenvalue weighted by atomic mass is 16.5. The molecule has 0 spiro atoms. The molecule has 4 nitrogen and oxygen atoms in total. The Labute approximate surface area is 206 Å². The van der Waals surface area contributed by atoms with Crippen LogP contribution in [0.4, 0.5) is 0 Å². The molecule has 0 aromatic heterocycles. The van der Waals surface area contributed by atoms with Gasteiger partial charge in [-0.3, -0.25) is 9.59 Å². The van der Waals surface area contributed by atoms with Crippen molar-refractivity contribution < 1.29 is 19.1 Å². The van der Waals surface area contributed by atoms with E-state index >= 15 is 0 Å². The van der Waals surface area contributed by atoms with Gasteiger partial charge >= 0.3 is 11.9 Å². The van der Waals surface area contributed by atoms with Crippen LogP contribution in [0.5, 0.6) is 0 Å². The Hall–Kier alpha value is -1.06. The Morgan fingerprint density at radius 2 is 0.970 bits per heavy atom. The predicted molar refractivity (Wildman–Crippen MR) is 139 cm³/mol. The summed E-state index contributed by atoms with van der Waals surface area (Å²) in [6.45, 7) is 7.61. The molecule has 0 radical (unpaired) electrons. The first kappa shape index (κ1) is 31.9. The summed E-state index contributed by atoms with van der Waals surface area (Å²) >= 11 is 0. The predicted octanol–water partition coefficient (Wildman–Crippen LogP) is 8.94. The lowest BCUT2D eigenvalue weighted by Gasteiger charge is -2.11. The largest absolute Gasteiger partial charge is 0.466 e. The van der Waals surface area contributed by atoms with Crippen molar-refractivity contribution in [3.05, 3.63) is 0 Å². The minimum atomic E-state index is -0.0180. The maximum absolute atomic E-state index is 12.0. The summed E-state index contributed by atoms with van der Waals surface area (Å²) in [6, 6.07) is 0. The third-order valence-corrected chi connectivity index (χ3v) is 6.42. The Bertz CT molecular complexity index is 435. The minimum absolute atomic E-state index is 0.0126. The van der Waals surface area contributed by atoms with Gasteiger partial charge in [0.15, 0.2) is 0 Å². The third kappa shape index (κ3) is 23.9. The molecule has 0 aromatic carbocycles. The summed E-state index contributed by atoms with van der Waals surface area (Å²) in [5.74, 6) is 0.00492. The van der Waals surface area contributed by atoms with Crippen molar-refractivity contribution in [2.45, 2.75) is 156 Å². The lowest BCUT2D eigenvalue weighted by molar-refractivity contribution is -0.148. The van der Waals surface area contributed by atoms with Crippen molar-refractivity contribution in [2.24, 2.45) is 5.92 Å². The maximum Gasteiger partial charge on any atom is 0.308 e. The summed E-state index contributed by atoms with van der Waals surface area (Å²) < 4.78 is 10.7. The summed E-state index contributed by atoms with van der Waals surface area (Å²) in [6.07, 6.45) is 24.1. The maximum atomic E-state index is 12.0. The van der Waals surface area contributed by atoms with Gasteiger partial charge in [-0.2, -0.15) is 0 Å². The van der Waals surface area contributed by atoms with E-state index < -0.39 is 0 Å². The molecule has 0 amide bonds. The molecular formula is C29H56O4. The van der Waals surface area contributed by atoms with Crippen molar-refractivity contribution in [1.29, 1.82) is 0 Å². The summed E-state index contributed by atoms with van der Waals surface area (Å²) in [7, 11) is 0. The van der Waals surface area contributed by atoms with Gasteiger partial charge in [0.05, 0.1) is 19.1 Å². The molecule has 0 rings (SSSR count). The zero-order valence-corrected chi connectivity index (χ0v) is 22.5. The molecule has 0 fully saturated rings. The van der Waals surface area contributed by atoms with Crippen molar-refractivity contribution in [1.82, 2.24) is 0 Å². The number of rotatable bonds is 25. The van der Waals surface area contributed by atoms with Crippen LogP contribution in [-0.2, 0) is 19.1 Å². The normalized spacial score (nSPS) is 12.0. The minimum Gasteiger partial charge on any atom is -0.466 e. The van der Waals surface area contributed by atoms with Crippen molar-refractivity contribution >= 4 is 11.9 Å². The summed E-state index contributed by atoms with van der Waals surface area (Å²) in [5.41, 5.74) is 0. The quantitative estimate of drug-likeness (QED) is 0.0991. The highest BCUT2D eigenvalue weighted by Gasteiger charge is 2.13. The molecule has 0 aliphatic rings. The van der Waals surface area contributed by atoms with Gasteiger partial charge < -0.3 is 9.47 Å². The first-order valence-electron chi connectivity index (χ1n) is 14.4. The van der Waals surface area contributed by atoms with Crippen LogP contribution in [0, 0.1) is 5.92 Å². The van der Waals surface area contributed by atoms with Gasteiger partial charge in [0.1, 0.15) is 0 Å². The van der Waals surface area contributed by atoms with Crippen LogP contribution in [0.25, 0.3) is 0 Å². The number of ether oxygens (including phenoxy) is 2. The van der Waals surface area contributed by atoms with Crippen LogP contribution in [0.2, 0.25) is 0 Å². The first-order chi connectivity index (χ1) is 16.1. The molecule has 0 saturated heterocycles. The molecule has 0 aliphatic heterocycles. The van der Waals surface area contributed by atoms with E-state index in [4.69, 9.17) is 9.47 Å². The lowest BCUT2D eigenvalue weighted by atomic mass is 10.0. The topological polar surface area (TPSA) is 52.6 Å². The number of unbranched alkanes of at least 4 members (excludes halogenated alkanes) is 16. The van der Waals surface area contributed by atoms with E-state index in [0.717, 1.165) is 38.5 Å². The molecule has 33 heavy (non-hydrogen) atoms. The van der Waals surface area contributed by atoms with E-state index in [-0.39, 0.29) is 17.9 Å². The second-order valence-corrected chi connectivity index (χ2v) is 9.84. The van der Waals surface area contributed by atoms with Crippen molar-refractivity contribution in [2.75, 3.05) is 13.2 Å². The summed E-state index contributed by atoms with van der Waals surface area (Å²) in [4.78, 5) is 23.7. The number of carbonyl (C=O) groups excluding carboxylic acids is 2. The number of hydrogen-bond donors (Lipinski definition) is 0. The zero-order chi connectivity index (χ0) is 24.4. The number of esters is 2. The van der Waals surface area contributed by atoms with Crippen LogP contribution in [0.15, 0.2) is 0 Å². The van der Waals surface area contributed by atoms with Crippen LogP contribution in [0.1, 0.15) is 156 Å². The Balaban J connectivity index is 3.34. The van der Waals surface area contributed by atoms with Gasteiger partial charge in [0, 0.05) is 6.42 Å². The van der Waals surface area contributed by atoms with Crippen LogP contribution in [0.3, 0.4) is 0 Å². The fourth-order valence-corrected chi connectivity index (χ4v) is 4.06. The Kier molecular flexibility index (Phi) is 24.7. The standard InChI is InChI=1S/C29H56O4/c1-4-6-8-17-21-25-32-28(30)24-20-16-14-12-10-11-13-15-19-23-27(3)29(31)33-26-22-18-9-7-5-2/h27H,4-26H2,1-3H3. The van der Waals surface area contributed by atoms with Gasteiger partial charge in [0.2, 0.25) is 0 Å². The number of hydrogen-bond acceptors (Lipinski definition) is 4. The molecule has 0 N–H and O–H groups in total. The average molecular weight is 469 g/mol. The van der Waals surface area contributed by atoms with Gasteiger partial charge in [0.25, 0.3) is 0 Å². The molecular weight excluding hydrogens is 412 g/mol. The second-order valence-electron chi connectivity index (χ2n) is 9.84. The van der Waals surface area contributed by atoms with Crippen LogP contribution >= 0.6 is 0 Å². The van der Waals surface area contributed by atoms with Crippen molar-refractivity contribution in [3.8, 4) is 0 Å². The van der Waals surface area contributed by atoms with Gasteiger partial charge in [-0.15, -0.1) is 0 Å². The summed E-state index contributed by atoms with van der Waals surface area (Å²) in [5, 5.41) is 0. The fourth-order valence-electron chi connectivity index (χ4n) is 4.06. The molecule has 196 valence electrons. The monoisotopic (exact) mass is 468 g/mol. The SMILES string of the molecule is CCCCCCCOC(=O)CCCCCCCCCCCC(C)C(=O)OCCCCCCC. The first-order valence-corrected chi connectivity index (χ1v) is 14.4. The second kappa shape index (κ2) is 25.6. The highest BCUT2D eigenvalue weighted by molar-refractivity contribution is 5.71. The van der Waals surface area contributed by atoms with E-state index in [1.165, 1.54) is 89.9 Å². The van der Waals surface area contributed by atoms with Crippen molar-refractivity contribution in [3.63, 3.8) is 0 Å². The van der Waals surface area contributed by atoms with E-state index in [2.05, 4.69) is 13.8 Å². The highest BCUT2D eigenvalue weighted by Crippen LogP contribution is 2.15. The molecule has 0 saturated carbocycles. The van der Waals surface area contributed by atoms with E-state index in [1.54, 1.807) is 0 Å². The van der Waals surface area contributed by atoms with E-state index in [1.807, 2.05) is 6.92 Å². The van der Waals surface area contributed by atoms with E-state index in [9.17, 15) is 9.59 Å². The smallest absolute Gasteiger partial charge is 0.308 e. The molecule has 4 heteroatoms. The third-order valence-electron chi connectivity index (χ3n) is 6.42. The molecule has 0 heterocycles. The lowest BCUT2D eigenvalue weighted by Crippen LogP contribution is -2.15. The zero-order valence-electron chi connectivity index (χ0n) is 22.5. The van der Waals surface area contributed by atoms with Crippen LogP contribution < -0.4 is 0 Å². The van der Waals surface area contributed by atoms with Gasteiger partial charge in [-0.25, -0.2) is 0 Å².